The van der Waals surface area contributed by atoms with Crippen molar-refractivity contribution in [2.24, 2.45) is 7.05 Å². The summed E-state index contributed by atoms with van der Waals surface area (Å²) in [6.07, 6.45) is 2.71. The fourth-order valence-corrected chi connectivity index (χ4v) is 2.85. The first-order valence-electron chi connectivity index (χ1n) is 8.22. The molecule has 0 saturated heterocycles. The molecule has 0 spiro atoms. The lowest BCUT2D eigenvalue weighted by Crippen LogP contribution is -2.27. The van der Waals surface area contributed by atoms with Gasteiger partial charge in [0.05, 0.1) is 23.1 Å². The number of carbonyl (C=O) groups excluding carboxylic acids is 1. The van der Waals surface area contributed by atoms with Crippen molar-refractivity contribution in [1.82, 2.24) is 29.9 Å². The molecule has 2 N–H and O–H groups in total. The van der Waals surface area contributed by atoms with Crippen LogP contribution in [-0.2, 0) is 19.9 Å². The van der Waals surface area contributed by atoms with Crippen LogP contribution in [0.25, 0.3) is 5.69 Å². The van der Waals surface area contributed by atoms with E-state index in [2.05, 4.69) is 20.6 Å². The average Bonchev–Trinajstić information content (AvgIpc) is 3.20. The van der Waals surface area contributed by atoms with Crippen LogP contribution in [-0.4, -0.2) is 37.0 Å². The van der Waals surface area contributed by atoms with Crippen LogP contribution < -0.4 is 5.32 Å². The van der Waals surface area contributed by atoms with Crippen LogP contribution in [0.5, 0.6) is 0 Å². The number of rotatable bonds is 6. The summed E-state index contributed by atoms with van der Waals surface area (Å²) in [6.45, 7) is 2.37. The van der Waals surface area contributed by atoms with Crippen molar-refractivity contribution >= 4 is 18.1 Å². The highest BCUT2D eigenvalue weighted by molar-refractivity contribution is 7.71. The molecule has 2 aromatic heterocycles. The molecule has 0 fully saturated rings. The minimum atomic E-state index is -0.314. The molecule has 0 bridgehead atoms. The standard InChI is InChI=1S/C17H19FN6OS/c1-3-14-13(10-20-24(14)12-6-4-11(18)5-7-12)16(25)19-9-8-15-21-22-17(26)23(15)2/h4-7,10H,3,8-9H2,1-2H3,(H,19,25)(H,22,26). The summed E-state index contributed by atoms with van der Waals surface area (Å²) in [5.41, 5.74) is 1.99. The molecule has 0 saturated carbocycles. The molecule has 0 aliphatic carbocycles. The fourth-order valence-electron chi connectivity index (χ4n) is 2.69. The topological polar surface area (TPSA) is 80.5 Å². The van der Waals surface area contributed by atoms with Gasteiger partial charge in [-0.2, -0.15) is 10.2 Å². The molecule has 7 nitrogen and oxygen atoms in total. The molecule has 0 unspecified atom stereocenters. The van der Waals surface area contributed by atoms with E-state index in [1.54, 1.807) is 21.4 Å². The van der Waals surface area contributed by atoms with Crippen molar-refractivity contribution in [3.05, 3.63) is 58.1 Å². The fraction of sp³-hybridized carbons (Fsp3) is 0.294. The van der Waals surface area contributed by atoms with E-state index in [9.17, 15) is 9.18 Å². The lowest BCUT2D eigenvalue weighted by atomic mass is 10.2. The summed E-state index contributed by atoms with van der Waals surface area (Å²) in [4.78, 5) is 12.5. The van der Waals surface area contributed by atoms with E-state index in [4.69, 9.17) is 12.2 Å². The summed E-state index contributed by atoms with van der Waals surface area (Å²) in [5, 5.41) is 14.0. The van der Waals surface area contributed by atoms with Crippen LogP contribution in [0.4, 0.5) is 4.39 Å². The molecule has 9 heteroatoms. The number of hydrogen-bond acceptors (Lipinski definition) is 4. The van der Waals surface area contributed by atoms with Gasteiger partial charge in [0, 0.05) is 20.0 Å². The molecule has 26 heavy (non-hydrogen) atoms. The Bertz CT molecular complexity index is 972. The van der Waals surface area contributed by atoms with Crippen LogP contribution in [0.15, 0.2) is 30.5 Å². The second-order valence-corrected chi connectivity index (χ2v) is 6.14. The quantitative estimate of drug-likeness (QED) is 0.649. The summed E-state index contributed by atoms with van der Waals surface area (Å²) >= 11 is 5.07. The van der Waals surface area contributed by atoms with Gasteiger partial charge >= 0.3 is 0 Å². The highest BCUT2D eigenvalue weighted by Gasteiger charge is 2.17. The Kier molecular flexibility index (Phi) is 5.27. The molecule has 0 radical (unpaired) electrons. The summed E-state index contributed by atoms with van der Waals surface area (Å²) in [6, 6.07) is 6.00. The van der Waals surface area contributed by atoms with Crippen molar-refractivity contribution in [2.75, 3.05) is 6.54 Å². The van der Waals surface area contributed by atoms with Crippen LogP contribution >= 0.6 is 12.2 Å². The van der Waals surface area contributed by atoms with Crippen LogP contribution in [0, 0.1) is 10.6 Å². The number of H-pyrrole nitrogens is 1. The Hall–Kier alpha value is -2.81. The van der Waals surface area contributed by atoms with Gasteiger partial charge < -0.3 is 9.88 Å². The normalized spacial score (nSPS) is 10.9. The smallest absolute Gasteiger partial charge is 0.254 e. The van der Waals surface area contributed by atoms with E-state index in [0.29, 0.717) is 35.4 Å². The van der Waals surface area contributed by atoms with Crippen molar-refractivity contribution in [3.63, 3.8) is 0 Å². The predicted octanol–water partition coefficient (Wildman–Crippen LogP) is 2.34. The van der Waals surface area contributed by atoms with Gasteiger partial charge in [-0.3, -0.25) is 9.89 Å². The number of aromatic amines is 1. The molecular formula is C17H19FN6OS. The van der Waals surface area contributed by atoms with Gasteiger partial charge in [0.1, 0.15) is 11.6 Å². The SMILES string of the molecule is CCc1c(C(=O)NCCc2n[nH]c(=S)n2C)cnn1-c1ccc(F)cc1. The second-order valence-electron chi connectivity index (χ2n) is 5.76. The van der Waals surface area contributed by atoms with E-state index in [0.717, 1.165) is 11.5 Å². The van der Waals surface area contributed by atoms with Crippen molar-refractivity contribution in [3.8, 4) is 5.69 Å². The van der Waals surface area contributed by atoms with Gasteiger partial charge in [0.25, 0.3) is 5.91 Å². The Morgan fingerprint density at radius 2 is 2.08 bits per heavy atom. The maximum atomic E-state index is 13.1. The Balaban J connectivity index is 1.72. The van der Waals surface area contributed by atoms with Gasteiger partial charge in [0.2, 0.25) is 0 Å². The second kappa shape index (κ2) is 7.61. The molecule has 0 atom stereocenters. The maximum absolute atomic E-state index is 13.1. The van der Waals surface area contributed by atoms with Gasteiger partial charge in [-0.15, -0.1) is 0 Å². The number of amides is 1. The maximum Gasteiger partial charge on any atom is 0.254 e. The van der Waals surface area contributed by atoms with Gasteiger partial charge in [-0.1, -0.05) is 6.92 Å². The zero-order valence-corrected chi connectivity index (χ0v) is 15.3. The third-order valence-electron chi connectivity index (χ3n) is 4.13. The third kappa shape index (κ3) is 3.57. The van der Waals surface area contributed by atoms with Gasteiger partial charge in [-0.05, 0) is 42.9 Å². The molecule has 2 heterocycles. The molecular weight excluding hydrogens is 355 g/mol. The van der Waals surface area contributed by atoms with E-state index in [-0.39, 0.29) is 11.7 Å². The monoisotopic (exact) mass is 374 g/mol. The van der Waals surface area contributed by atoms with E-state index in [1.807, 2.05) is 14.0 Å². The Labute approximate surface area is 154 Å². The number of carbonyl (C=O) groups is 1. The number of aromatic nitrogens is 5. The highest BCUT2D eigenvalue weighted by Crippen LogP contribution is 2.16. The van der Waals surface area contributed by atoms with E-state index in [1.165, 1.54) is 18.3 Å². The first kappa shape index (κ1) is 18.0. The Morgan fingerprint density at radius 1 is 1.35 bits per heavy atom. The number of halogens is 1. The molecule has 0 aliphatic heterocycles. The predicted molar refractivity (Wildman–Crippen MR) is 97.3 cm³/mol. The van der Waals surface area contributed by atoms with Crippen molar-refractivity contribution in [1.29, 1.82) is 0 Å². The number of hydrogen-bond donors (Lipinski definition) is 2. The van der Waals surface area contributed by atoms with Gasteiger partial charge in [-0.25, -0.2) is 9.07 Å². The summed E-state index contributed by atoms with van der Waals surface area (Å²) in [5.74, 6) is 0.255. The summed E-state index contributed by atoms with van der Waals surface area (Å²) in [7, 11) is 1.82. The first-order valence-corrected chi connectivity index (χ1v) is 8.63. The molecule has 3 aromatic rings. The van der Waals surface area contributed by atoms with Crippen molar-refractivity contribution < 1.29 is 9.18 Å². The Morgan fingerprint density at radius 3 is 2.69 bits per heavy atom. The number of nitrogens with zero attached hydrogens (tertiary/aromatic N) is 4. The molecule has 136 valence electrons. The lowest BCUT2D eigenvalue weighted by molar-refractivity contribution is 0.0953. The summed E-state index contributed by atoms with van der Waals surface area (Å²) < 4.78 is 17.1. The average molecular weight is 374 g/mol. The largest absolute Gasteiger partial charge is 0.351 e. The zero-order valence-electron chi connectivity index (χ0n) is 14.5. The minimum Gasteiger partial charge on any atom is -0.351 e. The highest BCUT2D eigenvalue weighted by atomic mass is 32.1. The number of nitrogens with one attached hydrogen (secondary N) is 2. The van der Waals surface area contributed by atoms with Crippen LogP contribution in [0.2, 0.25) is 0 Å². The van der Waals surface area contributed by atoms with Crippen molar-refractivity contribution in [2.45, 2.75) is 19.8 Å². The van der Waals surface area contributed by atoms with Crippen LogP contribution in [0.3, 0.4) is 0 Å². The van der Waals surface area contributed by atoms with Gasteiger partial charge in [0.15, 0.2) is 4.77 Å². The first-order chi connectivity index (χ1) is 12.5. The molecule has 1 amide bonds. The third-order valence-corrected chi connectivity index (χ3v) is 4.49. The molecule has 3 rings (SSSR count). The number of benzene rings is 1. The lowest BCUT2D eigenvalue weighted by Gasteiger charge is -2.08. The van der Waals surface area contributed by atoms with Crippen LogP contribution in [0.1, 0.15) is 28.8 Å². The molecule has 1 aromatic carbocycles. The van der Waals surface area contributed by atoms with E-state index >= 15 is 0 Å². The molecule has 0 aliphatic rings. The zero-order chi connectivity index (χ0) is 18.7. The van der Waals surface area contributed by atoms with E-state index < -0.39 is 0 Å². The minimum absolute atomic E-state index is 0.202.